The highest BCUT2D eigenvalue weighted by Crippen LogP contribution is 2.25. The molecule has 37 heavy (non-hydrogen) atoms. The van der Waals surface area contributed by atoms with Gasteiger partial charge in [-0.2, -0.15) is 0 Å². The molecule has 2 fully saturated rings. The molecule has 2 aromatic carbocycles. The number of nitrogens with zero attached hydrogens (tertiary/aromatic N) is 3. The summed E-state index contributed by atoms with van der Waals surface area (Å²) in [6.07, 6.45) is 1.30. The van der Waals surface area contributed by atoms with Crippen molar-refractivity contribution in [2.45, 2.75) is 31.8 Å². The number of para-hydroxylation sites is 1. The highest BCUT2D eigenvalue weighted by molar-refractivity contribution is 6.31. The third kappa shape index (κ3) is 7.37. The molecule has 2 aromatic rings. The van der Waals surface area contributed by atoms with E-state index in [0.717, 1.165) is 80.4 Å². The fourth-order valence-corrected chi connectivity index (χ4v) is 5.63. The molecule has 4 rings (SSSR count). The van der Waals surface area contributed by atoms with E-state index in [2.05, 4.69) is 27.2 Å². The van der Waals surface area contributed by atoms with Gasteiger partial charge in [-0.15, -0.1) is 0 Å². The first-order valence-electron chi connectivity index (χ1n) is 13.0. The van der Waals surface area contributed by atoms with E-state index in [1.165, 1.54) is 0 Å². The van der Waals surface area contributed by atoms with Gasteiger partial charge in [-0.05, 0) is 56.0 Å². The van der Waals surface area contributed by atoms with Crippen LogP contribution in [0.4, 0.5) is 4.79 Å². The average molecular weight is 529 g/mol. The molecule has 2 N–H and O–H groups in total. The number of ether oxygens (including phenoxy) is 1. The lowest BCUT2D eigenvalue weighted by Crippen LogP contribution is -2.57. The van der Waals surface area contributed by atoms with Crippen LogP contribution in [0.1, 0.15) is 24.0 Å². The number of amides is 2. The van der Waals surface area contributed by atoms with Crippen molar-refractivity contribution < 1.29 is 19.4 Å². The van der Waals surface area contributed by atoms with Crippen molar-refractivity contribution in [1.29, 1.82) is 0 Å². The highest BCUT2D eigenvalue weighted by Gasteiger charge is 2.36. The third-order valence-electron chi connectivity index (χ3n) is 7.57. The lowest BCUT2D eigenvalue weighted by molar-refractivity contribution is -0.137. The third-order valence-corrected chi connectivity index (χ3v) is 7.94. The van der Waals surface area contributed by atoms with Gasteiger partial charge in [0.25, 0.3) is 0 Å². The molecule has 2 aliphatic rings. The van der Waals surface area contributed by atoms with Gasteiger partial charge in [-0.25, -0.2) is 4.79 Å². The number of piperidine rings is 1. The molecule has 2 heterocycles. The van der Waals surface area contributed by atoms with Crippen molar-refractivity contribution in [2.75, 3.05) is 52.9 Å². The standard InChI is InChI=1S/C28H37ClN4O4/c1-37-25-9-5-3-7-23(25)20-32-16-18-33(19-17-32)27(34)26(30-28(35)36)22-11-14-31(15-12-22)13-10-21-6-2-4-8-24(21)29/h2-9,22,26,30H,10-20H2,1H3,(H,35,36)/t26-/m1/s1. The monoisotopic (exact) mass is 528 g/mol. The zero-order valence-corrected chi connectivity index (χ0v) is 22.2. The van der Waals surface area contributed by atoms with Gasteiger partial charge >= 0.3 is 6.09 Å². The minimum atomic E-state index is -1.14. The predicted octanol–water partition coefficient (Wildman–Crippen LogP) is 3.58. The van der Waals surface area contributed by atoms with Gasteiger partial charge in [-0.1, -0.05) is 48.0 Å². The number of likely N-dealkylation sites (tertiary alicyclic amines) is 1. The Bertz CT molecular complexity index is 1050. The maximum atomic E-state index is 13.5. The molecule has 2 saturated heterocycles. The number of hydrogen-bond acceptors (Lipinski definition) is 5. The molecular weight excluding hydrogens is 492 g/mol. The van der Waals surface area contributed by atoms with Crippen LogP contribution in [0.25, 0.3) is 0 Å². The first-order chi connectivity index (χ1) is 17.9. The second-order valence-electron chi connectivity index (χ2n) is 9.86. The summed E-state index contributed by atoms with van der Waals surface area (Å²) < 4.78 is 5.47. The number of benzene rings is 2. The Morgan fingerprint density at radius 2 is 1.62 bits per heavy atom. The van der Waals surface area contributed by atoms with Crippen molar-refractivity contribution in [2.24, 2.45) is 5.92 Å². The lowest BCUT2D eigenvalue weighted by Gasteiger charge is -2.40. The first-order valence-corrected chi connectivity index (χ1v) is 13.4. The van der Waals surface area contributed by atoms with Crippen LogP contribution in [0.5, 0.6) is 5.75 Å². The van der Waals surface area contributed by atoms with Crippen LogP contribution in [0, 0.1) is 5.92 Å². The van der Waals surface area contributed by atoms with Crippen LogP contribution in [-0.2, 0) is 17.8 Å². The topological polar surface area (TPSA) is 85.3 Å². The van der Waals surface area contributed by atoms with E-state index in [-0.39, 0.29) is 11.8 Å². The van der Waals surface area contributed by atoms with Gasteiger partial charge in [-0.3, -0.25) is 9.69 Å². The Hall–Kier alpha value is -2.81. The summed E-state index contributed by atoms with van der Waals surface area (Å²) in [6, 6.07) is 15.2. The summed E-state index contributed by atoms with van der Waals surface area (Å²) in [4.78, 5) is 31.5. The smallest absolute Gasteiger partial charge is 0.405 e. The molecule has 0 spiro atoms. The van der Waals surface area contributed by atoms with E-state index in [0.29, 0.717) is 13.1 Å². The van der Waals surface area contributed by atoms with Crippen LogP contribution in [0.2, 0.25) is 5.02 Å². The summed E-state index contributed by atoms with van der Waals surface area (Å²) >= 11 is 6.29. The molecule has 8 nitrogen and oxygen atoms in total. The van der Waals surface area contributed by atoms with Crippen LogP contribution >= 0.6 is 11.6 Å². The van der Waals surface area contributed by atoms with E-state index >= 15 is 0 Å². The van der Waals surface area contributed by atoms with Gasteiger partial charge < -0.3 is 25.0 Å². The fourth-order valence-electron chi connectivity index (χ4n) is 5.40. The predicted molar refractivity (Wildman–Crippen MR) is 144 cm³/mol. The number of nitrogens with one attached hydrogen (secondary N) is 1. The Kier molecular flexibility index (Phi) is 9.66. The summed E-state index contributed by atoms with van der Waals surface area (Å²) in [5.74, 6) is 0.755. The second-order valence-corrected chi connectivity index (χ2v) is 10.3. The van der Waals surface area contributed by atoms with Gasteiger partial charge in [0.2, 0.25) is 5.91 Å². The molecule has 0 saturated carbocycles. The first kappa shape index (κ1) is 27.2. The average Bonchev–Trinajstić information content (AvgIpc) is 2.92. The Balaban J connectivity index is 1.28. The molecule has 0 aromatic heterocycles. The summed E-state index contributed by atoms with van der Waals surface area (Å²) in [7, 11) is 1.68. The van der Waals surface area contributed by atoms with Crippen LogP contribution < -0.4 is 10.1 Å². The van der Waals surface area contributed by atoms with Gasteiger partial charge in [0, 0.05) is 49.9 Å². The number of hydrogen-bond donors (Lipinski definition) is 2. The molecule has 2 aliphatic heterocycles. The normalized spacial score (nSPS) is 18.4. The minimum Gasteiger partial charge on any atom is -0.496 e. The van der Waals surface area contributed by atoms with Gasteiger partial charge in [0.1, 0.15) is 11.8 Å². The van der Waals surface area contributed by atoms with Crippen molar-refractivity contribution in [3.05, 3.63) is 64.7 Å². The Labute approximate surface area is 224 Å². The number of methoxy groups -OCH3 is 1. The van der Waals surface area contributed by atoms with E-state index < -0.39 is 12.1 Å². The van der Waals surface area contributed by atoms with Gasteiger partial charge in [0.15, 0.2) is 0 Å². The van der Waals surface area contributed by atoms with Gasteiger partial charge in [0.05, 0.1) is 7.11 Å². The van der Waals surface area contributed by atoms with Crippen LogP contribution in [0.15, 0.2) is 48.5 Å². The number of rotatable bonds is 9. The zero-order valence-electron chi connectivity index (χ0n) is 21.4. The molecule has 9 heteroatoms. The summed E-state index contributed by atoms with van der Waals surface area (Å²) in [6.45, 7) is 5.99. The van der Waals surface area contributed by atoms with Crippen LogP contribution in [-0.4, -0.2) is 90.8 Å². The maximum Gasteiger partial charge on any atom is 0.405 e. The molecule has 1 atom stereocenters. The lowest BCUT2D eigenvalue weighted by atomic mass is 9.88. The molecule has 200 valence electrons. The Morgan fingerprint density at radius 1 is 0.973 bits per heavy atom. The van der Waals surface area contributed by atoms with Crippen molar-refractivity contribution in [3.63, 3.8) is 0 Å². The maximum absolute atomic E-state index is 13.5. The van der Waals surface area contributed by atoms with E-state index in [1.807, 2.05) is 41.3 Å². The fraction of sp³-hybridized carbons (Fsp3) is 0.500. The summed E-state index contributed by atoms with van der Waals surface area (Å²) in [5.41, 5.74) is 2.26. The second kappa shape index (κ2) is 13.1. The zero-order chi connectivity index (χ0) is 26.2. The Morgan fingerprint density at radius 3 is 2.27 bits per heavy atom. The van der Waals surface area contributed by atoms with E-state index in [9.17, 15) is 14.7 Å². The molecule has 0 unspecified atom stereocenters. The molecular formula is C28H37ClN4O4. The van der Waals surface area contributed by atoms with E-state index in [1.54, 1.807) is 7.11 Å². The van der Waals surface area contributed by atoms with Crippen molar-refractivity contribution >= 4 is 23.6 Å². The van der Waals surface area contributed by atoms with Crippen LogP contribution in [0.3, 0.4) is 0 Å². The number of carbonyl (C=O) groups is 2. The molecule has 0 bridgehead atoms. The van der Waals surface area contributed by atoms with Crippen molar-refractivity contribution in [3.8, 4) is 5.75 Å². The number of carboxylic acid groups (broad SMARTS) is 1. The number of halogens is 1. The summed E-state index contributed by atoms with van der Waals surface area (Å²) in [5, 5.41) is 12.8. The largest absolute Gasteiger partial charge is 0.496 e. The van der Waals surface area contributed by atoms with Crippen molar-refractivity contribution in [1.82, 2.24) is 20.0 Å². The SMILES string of the molecule is COc1ccccc1CN1CCN(C(=O)[C@H](NC(=O)O)C2CCN(CCc3ccccc3Cl)CC2)CC1. The minimum absolute atomic E-state index is 0.00762. The number of carbonyl (C=O) groups excluding carboxylic acids is 1. The molecule has 0 aliphatic carbocycles. The highest BCUT2D eigenvalue weighted by atomic mass is 35.5. The van der Waals surface area contributed by atoms with E-state index in [4.69, 9.17) is 16.3 Å². The molecule has 0 radical (unpaired) electrons. The number of piperazine rings is 1. The molecule has 2 amide bonds. The quantitative estimate of drug-likeness (QED) is 0.517.